The van der Waals surface area contributed by atoms with Crippen molar-refractivity contribution in [3.8, 4) is 6.07 Å². The molecule has 0 spiro atoms. The molecule has 0 N–H and O–H groups in total. The van der Waals surface area contributed by atoms with Gasteiger partial charge in [-0.15, -0.1) is 10.2 Å². The van der Waals surface area contributed by atoms with E-state index in [0.717, 1.165) is 23.3 Å². The summed E-state index contributed by atoms with van der Waals surface area (Å²) in [5.41, 5.74) is -1.45. The zero-order valence-corrected chi connectivity index (χ0v) is 25.2. The van der Waals surface area contributed by atoms with Crippen molar-refractivity contribution < 1.29 is 31.8 Å². The number of carbonyl (C=O) groups is 1. The van der Waals surface area contributed by atoms with Crippen LogP contribution in [0, 0.1) is 11.3 Å². The summed E-state index contributed by atoms with van der Waals surface area (Å²) in [7, 11) is 0. The van der Waals surface area contributed by atoms with Gasteiger partial charge in [0.2, 0.25) is 0 Å². The van der Waals surface area contributed by atoms with Crippen molar-refractivity contribution >= 4 is 6.09 Å². The maximum atomic E-state index is 14.1. The van der Waals surface area contributed by atoms with E-state index in [1.165, 1.54) is 18.7 Å². The molecule has 1 fully saturated rings. The number of alkyl halides is 4. The standard InChI is InChI=1S/C34H33F4N5O3/c1-25(28-16-27(19-35)17-30(18-28)34(36,37)38)46-22-33(29-10-6-3-7-11-29)13-12-32(14-15-39,42-23-40-41-24-42)21-43(33)31(44)45-20-26-8-4-2-5-9-26/h2-11,16-18,23-25H,12-14,19-22H2,1H3/t25-,32?,33-/m1/s1. The van der Waals surface area contributed by atoms with Crippen LogP contribution in [0.3, 0.4) is 0 Å². The molecule has 3 atom stereocenters. The Morgan fingerprint density at radius 2 is 1.67 bits per heavy atom. The molecule has 1 unspecified atom stereocenters. The summed E-state index contributed by atoms with van der Waals surface area (Å²) in [4.78, 5) is 15.7. The van der Waals surface area contributed by atoms with Gasteiger partial charge in [-0.3, -0.25) is 4.90 Å². The van der Waals surface area contributed by atoms with E-state index in [2.05, 4.69) is 16.3 Å². The van der Waals surface area contributed by atoms with E-state index in [4.69, 9.17) is 9.47 Å². The molecule has 4 aromatic rings. The van der Waals surface area contributed by atoms with Gasteiger partial charge < -0.3 is 14.0 Å². The van der Waals surface area contributed by atoms with Crippen LogP contribution in [0.4, 0.5) is 22.4 Å². The number of benzene rings is 3. The van der Waals surface area contributed by atoms with Crippen LogP contribution in [0.5, 0.6) is 0 Å². The summed E-state index contributed by atoms with van der Waals surface area (Å²) in [6, 6.07) is 23.7. The largest absolute Gasteiger partial charge is 0.445 e. The Morgan fingerprint density at radius 1 is 1.00 bits per heavy atom. The summed E-state index contributed by atoms with van der Waals surface area (Å²) in [6.07, 6.45) is -2.42. The summed E-state index contributed by atoms with van der Waals surface area (Å²) >= 11 is 0. The quantitative estimate of drug-likeness (QED) is 0.168. The highest BCUT2D eigenvalue weighted by Crippen LogP contribution is 2.46. The van der Waals surface area contributed by atoms with E-state index in [-0.39, 0.29) is 37.3 Å². The first kappa shape index (κ1) is 32.6. The molecule has 12 heteroatoms. The molecule has 0 saturated carbocycles. The Balaban J connectivity index is 1.54. The molecule has 1 saturated heterocycles. The van der Waals surface area contributed by atoms with Gasteiger partial charge in [0.25, 0.3) is 0 Å². The second-order valence-electron chi connectivity index (χ2n) is 11.5. The predicted molar refractivity (Wildman–Crippen MR) is 160 cm³/mol. The molecule has 3 aromatic carbocycles. The molecular formula is C34H33F4N5O3. The molecule has 5 rings (SSSR count). The number of carbonyl (C=O) groups excluding carboxylic acids is 1. The number of piperidine rings is 1. The van der Waals surface area contributed by atoms with Gasteiger partial charge in [-0.2, -0.15) is 18.4 Å². The number of ether oxygens (including phenoxy) is 2. The van der Waals surface area contributed by atoms with Crippen LogP contribution in [-0.4, -0.2) is 38.9 Å². The Morgan fingerprint density at radius 3 is 2.30 bits per heavy atom. The zero-order chi connectivity index (χ0) is 32.8. The first-order valence-corrected chi connectivity index (χ1v) is 14.7. The lowest BCUT2D eigenvalue weighted by Gasteiger charge is -2.53. The number of hydrogen-bond donors (Lipinski definition) is 0. The lowest BCUT2D eigenvalue weighted by molar-refractivity contribution is -0.137. The third-order valence-corrected chi connectivity index (χ3v) is 8.62. The molecule has 0 radical (unpaired) electrons. The fourth-order valence-electron chi connectivity index (χ4n) is 6.01. The molecule has 46 heavy (non-hydrogen) atoms. The zero-order valence-electron chi connectivity index (χ0n) is 25.2. The molecular weight excluding hydrogens is 602 g/mol. The smallest absolute Gasteiger partial charge is 0.416 e. The minimum absolute atomic E-state index is 0.00751. The highest BCUT2D eigenvalue weighted by atomic mass is 19.4. The van der Waals surface area contributed by atoms with Crippen LogP contribution >= 0.6 is 0 Å². The maximum absolute atomic E-state index is 14.1. The van der Waals surface area contributed by atoms with E-state index >= 15 is 0 Å². The van der Waals surface area contributed by atoms with Gasteiger partial charge in [0.15, 0.2) is 0 Å². The van der Waals surface area contributed by atoms with Gasteiger partial charge in [0.05, 0.1) is 41.8 Å². The van der Waals surface area contributed by atoms with E-state index < -0.39 is 41.7 Å². The minimum Gasteiger partial charge on any atom is -0.445 e. The van der Waals surface area contributed by atoms with Crippen LogP contribution in [-0.2, 0) is 40.0 Å². The summed E-state index contributed by atoms with van der Waals surface area (Å²) in [5, 5.41) is 17.7. The number of nitrogens with zero attached hydrogens (tertiary/aromatic N) is 5. The first-order valence-electron chi connectivity index (χ1n) is 14.7. The van der Waals surface area contributed by atoms with Gasteiger partial charge in [-0.25, -0.2) is 9.18 Å². The lowest BCUT2D eigenvalue weighted by atomic mass is 9.73. The van der Waals surface area contributed by atoms with Crippen molar-refractivity contribution in [3.05, 3.63) is 119 Å². The molecule has 0 bridgehead atoms. The van der Waals surface area contributed by atoms with E-state index in [9.17, 15) is 27.6 Å². The van der Waals surface area contributed by atoms with Crippen molar-refractivity contribution in [2.24, 2.45) is 0 Å². The van der Waals surface area contributed by atoms with Gasteiger partial charge in [0.1, 0.15) is 25.9 Å². The molecule has 1 aliphatic heterocycles. The number of amides is 1. The number of rotatable bonds is 10. The van der Waals surface area contributed by atoms with Crippen molar-refractivity contribution in [2.75, 3.05) is 13.2 Å². The number of likely N-dealkylation sites (tertiary alicyclic amines) is 1. The Bertz CT molecular complexity index is 1650. The van der Waals surface area contributed by atoms with E-state index in [0.29, 0.717) is 12.8 Å². The Hall–Kier alpha value is -4.76. The molecule has 8 nitrogen and oxygen atoms in total. The first-order chi connectivity index (χ1) is 22.1. The predicted octanol–water partition coefficient (Wildman–Crippen LogP) is 7.48. The molecule has 2 heterocycles. The number of hydrogen-bond acceptors (Lipinski definition) is 6. The topological polar surface area (TPSA) is 93.3 Å². The Labute approximate surface area is 264 Å². The SMILES string of the molecule is C[C@@H](OC[C@@]1(c2ccccc2)CCC(CC#N)(n2cnnc2)CN1C(=O)OCc1ccccc1)c1cc(CF)cc(C(F)(F)F)c1. The van der Waals surface area contributed by atoms with Gasteiger partial charge in [-0.05, 0) is 54.2 Å². The van der Waals surface area contributed by atoms with Gasteiger partial charge in [0, 0.05) is 6.54 Å². The highest BCUT2D eigenvalue weighted by molar-refractivity contribution is 5.70. The summed E-state index contributed by atoms with van der Waals surface area (Å²) in [6.45, 7) is 0.433. The van der Waals surface area contributed by atoms with Crippen molar-refractivity contribution in [1.29, 1.82) is 5.26 Å². The van der Waals surface area contributed by atoms with Gasteiger partial charge in [-0.1, -0.05) is 66.7 Å². The molecule has 1 aromatic heterocycles. The molecule has 1 aliphatic rings. The molecule has 240 valence electrons. The summed E-state index contributed by atoms with van der Waals surface area (Å²) in [5.74, 6) is 0. The molecule has 0 aliphatic carbocycles. The monoisotopic (exact) mass is 635 g/mol. The van der Waals surface area contributed by atoms with Crippen molar-refractivity contribution in [2.45, 2.75) is 62.8 Å². The van der Waals surface area contributed by atoms with E-state index in [1.807, 2.05) is 60.7 Å². The second kappa shape index (κ2) is 13.7. The average Bonchev–Trinajstić information content (AvgIpc) is 3.63. The lowest BCUT2D eigenvalue weighted by Crippen LogP contribution is -2.62. The van der Waals surface area contributed by atoms with Crippen LogP contribution < -0.4 is 0 Å². The average molecular weight is 636 g/mol. The highest BCUT2D eigenvalue weighted by Gasteiger charge is 2.53. The minimum atomic E-state index is -4.67. The number of halogens is 4. The Kier molecular flexibility index (Phi) is 9.72. The van der Waals surface area contributed by atoms with Crippen LogP contribution in [0.25, 0.3) is 0 Å². The third-order valence-electron chi connectivity index (χ3n) is 8.62. The van der Waals surface area contributed by atoms with Crippen LogP contribution in [0.15, 0.2) is 91.5 Å². The van der Waals surface area contributed by atoms with Gasteiger partial charge >= 0.3 is 12.3 Å². The maximum Gasteiger partial charge on any atom is 0.416 e. The van der Waals surface area contributed by atoms with Crippen LogP contribution in [0.2, 0.25) is 0 Å². The second-order valence-corrected chi connectivity index (χ2v) is 11.5. The normalized spacial score (nSPS) is 20.6. The number of nitriles is 1. The third kappa shape index (κ3) is 6.89. The van der Waals surface area contributed by atoms with Crippen molar-refractivity contribution in [3.63, 3.8) is 0 Å². The van der Waals surface area contributed by atoms with Crippen molar-refractivity contribution in [1.82, 2.24) is 19.7 Å². The fraction of sp³-hybridized carbons (Fsp3) is 0.353. The fourth-order valence-corrected chi connectivity index (χ4v) is 6.01. The van der Waals surface area contributed by atoms with E-state index in [1.54, 1.807) is 16.4 Å². The molecule has 1 amide bonds. The number of aromatic nitrogens is 3. The summed E-state index contributed by atoms with van der Waals surface area (Å²) < 4.78 is 68.4. The van der Waals surface area contributed by atoms with Crippen LogP contribution in [0.1, 0.15) is 60.1 Å².